The van der Waals surface area contributed by atoms with Gasteiger partial charge < -0.3 is 15.0 Å². The molecule has 0 saturated carbocycles. The van der Waals surface area contributed by atoms with Gasteiger partial charge in [0.25, 0.3) is 5.91 Å². The highest BCUT2D eigenvalue weighted by atomic mass is 35.5. The normalized spacial score (nSPS) is 10.9. The predicted octanol–water partition coefficient (Wildman–Crippen LogP) is 6.02. The van der Waals surface area contributed by atoms with E-state index in [0.717, 1.165) is 28.3 Å². The number of rotatable bonds is 7. The lowest BCUT2D eigenvalue weighted by molar-refractivity contribution is 0.0956. The molecule has 0 atom stereocenters. The van der Waals surface area contributed by atoms with E-state index in [1.54, 1.807) is 43.1 Å². The van der Waals surface area contributed by atoms with Gasteiger partial charge in [-0.25, -0.2) is 0 Å². The van der Waals surface area contributed by atoms with Crippen LogP contribution in [0.1, 0.15) is 10.4 Å². The number of carbonyl (C=O) groups is 1. The quantitative estimate of drug-likeness (QED) is 0.275. The van der Waals surface area contributed by atoms with Gasteiger partial charge in [-0.3, -0.25) is 4.79 Å². The maximum Gasteiger partial charge on any atom is 0.251 e. The molecule has 0 aliphatic carbocycles. The third kappa shape index (κ3) is 4.48. The number of methoxy groups -OCH3 is 1. The smallest absolute Gasteiger partial charge is 0.251 e. The van der Waals surface area contributed by atoms with Crippen LogP contribution in [-0.4, -0.2) is 30.3 Å². The van der Waals surface area contributed by atoms with Gasteiger partial charge in [0.15, 0.2) is 0 Å². The first-order chi connectivity index (χ1) is 14.7. The van der Waals surface area contributed by atoms with Gasteiger partial charge in [-0.2, -0.15) is 0 Å². The van der Waals surface area contributed by atoms with Gasteiger partial charge >= 0.3 is 0 Å². The van der Waals surface area contributed by atoms with Crippen LogP contribution in [0, 0.1) is 0 Å². The molecule has 0 spiro atoms. The number of ether oxygens (including phenoxy) is 1. The number of H-pyrrole nitrogens is 1. The molecular formula is C24H21ClN2O2S. The van der Waals surface area contributed by atoms with Crippen molar-refractivity contribution in [3.05, 3.63) is 83.4 Å². The number of hydrogen-bond acceptors (Lipinski definition) is 3. The van der Waals surface area contributed by atoms with Crippen LogP contribution in [0.25, 0.3) is 22.2 Å². The first-order valence-corrected chi connectivity index (χ1v) is 10.9. The lowest BCUT2D eigenvalue weighted by Crippen LogP contribution is -2.25. The van der Waals surface area contributed by atoms with E-state index in [9.17, 15) is 4.79 Å². The molecule has 0 fully saturated rings. The average Bonchev–Trinajstić information content (AvgIpc) is 3.15. The van der Waals surface area contributed by atoms with Crippen LogP contribution in [0.2, 0.25) is 5.02 Å². The van der Waals surface area contributed by atoms with Crippen molar-refractivity contribution in [2.45, 2.75) is 4.90 Å². The van der Waals surface area contributed by atoms with E-state index in [4.69, 9.17) is 16.3 Å². The van der Waals surface area contributed by atoms with Gasteiger partial charge in [0.2, 0.25) is 0 Å². The van der Waals surface area contributed by atoms with E-state index in [2.05, 4.69) is 34.6 Å². The lowest BCUT2D eigenvalue weighted by atomic mass is 10.1. The number of thioether (sulfide) groups is 1. The highest BCUT2D eigenvalue weighted by Crippen LogP contribution is 2.38. The standard InChI is InChI=1S/C24H21ClN2O2S/c1-29-19-12-8-16(9-13-19)22-23(20-4-2-3-5-21(20)27-22)30-15-14-26-24(28)17-6-10-18(25)11-7-17/h2-13,27H,14-15H2,1H3,(H,26,28). The maximum atomic E-state index is 12.3. The summed E-state index contributed by atoms with van der Waals surface area (Å²) >= 11 is 7.61. The second-order valence-corrected chi connectivity index (χ2v) is 8.26. The summed E-state index contributed by atoms with van der Waals surface area (Å²) in [5, 5.41) is 4.77. The summed E-state index contributed by atoms with van der Waals surface area (Å²) in [7, 11) is 1.66. The molecule has 0 bridgehead atoms. The molecule has 1 heterocycles. The molecule has 0 saturated heterocycles. The Balaban J connectivity index is 1.49. The van der Waals surface area contributed by atoms with Crippen molar-refractivity contribution < 1.29 is 9.53 Å². The van der Waals surface area contributed by atoms with Gasteiger partial charge in [0.1, 0.15) is 5.75 Å². The number of carbonyl (C=O) groups excluding carboxylic acids is 1. The fourth-order valence-corrected chi connectivity index (χ4v) is 4.43. The molecule has 0 radical (unpaired) electrons. The molecule has 1 amide bonds. The minimum Gasteiger partial charge on any atom is -0.497 e. The van der Waals surface area contributed by atoms with Crippen molar-refractivity contribution in [2.75, 3.05) is 19.4 Å². The highest BCUT2D eigenvalue weighted by molar-refractivity contribution is 7.99. The van der Waals surface area contributed by atoms with Crippen LogP contribution >= 0.6 is 23.4 Å². The largest absolute Gasteiger partial charge is 0.497 e. The van der Waals surface area contributed by atoms with Gasteiger partial charge in [-0.05, 0) is 60.2 Å². The molecule has 0 aliphatic rings. The summed E-state index contributed by atoms with van der Waals surface area (Å²) in [6, 6.07) is 23.2. The highest BCUT2D eigenvalue weighted by Gasteiger charge is 2.14. The van der Waals surface area contributed by atoms with E-state index >= 15 is 0 Å². The topological polar surface area (TPSA) is 54.1 Å². The Morgan fingerprint density at radius 1 is 1.03 bits per heavy atom. The molecule has 3 aromatic carbocycles. The summed E-state index contributed by atoms with van der Waals surface area (Å²) in [6.07, 6.45) is 0. The molecule has 2 N–H and O–H groups in total. The summed E-state index contributed by atoms with van der Waals surface area (Å²) in [4.78, 5) is 17.0. The molecule has 6 heteroatoms. The van der Waals surface area contributed by atoms with Crippen LogP contribution in [0.5, 0.6) is 5.75 Å². The minimum atomic E-state index is -0.0958. The summed E-state index contributed by atoms with van der Waals surface area (Å²) in [6.45, 7) is 0.563. The fraction of sp³-hybridized carbons (Fsp3) is 0.125. The Bertz CT molecular complexity index is 1150. The number of fused-ring (bicyclic) bond motifs is 1. The zero-order valence-corrected chi connectivity index (χ0v) is 18.0. The molecule has 1 aromatic heterocycles. The molecule has 4 nitrogen and oxygen atoms in total. The van der Waals surface area contributed by atoms with Crippen molar-refractivity contribution in [1.29, 1.82) is 0 Å². The lowest BCUT2D eigenvalue weighted by Gasteiger charge is -2.08. The van der Waals surface area contributed by atoms with Crippen LogP contribution in [-0.2, 0) is 0 Å². The van der Waals surface area contributed by atoms with Crippen LogP contribution in [0.4, 0.5) is 0 Å². The van der Waals surface area contributed by atoms with Crippen LogP contribution in [0.15, 0.2) is 77.7 Å². The second-order valence-electron chi connectivity index (χ2n) is 6.71. The Morgan fingerprint density at radius 2 is 1.77 bits per heavy atom. The van der Waals surface area contributed by atoms with E-state index < -0.39 is 0 Å². The van der Waals surface area contributed by atoms with E-state index in [1.807, 2.05) is 24.3 Å². The van der Waals surface area contributed by atoms with Crippen LogP contribution in [0.3, 0.4) is 0 Å². The number of hydrogen-bond donors (Lipinski definition) is 2. The van der Waals surface area contributed by atoms with Crippen molar-refractivity contribution in [2.24, 2.45) is 0 Å². The van der Waals surface area contributed by atoms with Gasteiger partial charge in [-0.15, -0.1) is 11.8 Å². The van der Waals surface area contributed by atoms with Crippen molar-refractivity contribution in [3.63, 3.8) is 0 Å². The SMILES string of the molecule is COc1ccc(-c2[nH]c3ccccc3c2SCCNC(=O)c2ccc(Cl)cc2)cc1. The Hall–Kier alpha value is -2.89. The van der Waals surface area contributed by atoms with Crippen molar-refractivity contribution >= 4 is 40.2 Å². The zero-order chi connectivity index (χ0) is 20.9. The summed E-state index contributed by atoms with van der Waals surface area (Å²) in [5.41, 5.74) is 3.87. The zero-order valence-electron chi connectivity index (χ0n) is 16.4. The number of nitrogens with one attached hydrogen (secondary N) is 2. The molecule has 4 rings (SSSR count). The molecule has 152 valence electrons. The van der Waals surface area contributed by atoms with Crippen molar-refractivity contribution in [1.82, 2.24) is 10.3 Å². The second kappa shape index (κ2) is 9.28. The van der Waals surface area contributed by atoms with E-state index in [-0.39, 0.29) is 5.91 Å². The maximum absolute atomic E-state index is 12.3. The number of benzene rings is 3. The molecule has 0 unspecified atom stereocenters. The number of aromatic nitrogens is 1. The Kier molecular flexibility index (Phi) is 6.31. The average molecular weight is 437 g/mol. The molecule has 4 aromatic rings. The Morgan fingerprint density at radius 3 is 2.50 bits per heavy atom. The fourth-order valence-electron chi connectivity index (χ4n) is 3.25. The van der Waals surface area contributed by atoms with E-state index in [0.29, 0.717) is 17.1 Å². The molecular weight excluding hydrogens is 416 g/mol. The number of para-hydroxylation sites is 1. The van der Waals surface area contributed by atoms with Crippen molar-refractivity contribution in [3.8, 4) is 17.0 Å². The third-order valence-electron chi connectivity index (χ3n) is 4.78. The first-order valence-electron chi connectivity index (χ1n) is 9.57. The number of aromatic amines is 1. The molecule has 0 aliphatic heterocycles. The Labute approximate surface area is 184 Å². The van der Waals surface area contributed by atoms with Gasteiger partial charge in [-0.1, -0.05) is 29.8 Å². The van der Waals surface area contributed by atoms with E-state index in [1.165, 1.54) is 10.3 Å². The summed E-state index contributed by atoms with van der Waals surface area (Å²) < 4.78 is 5.28. The first kappa shape index (κ1) is 20.4. The van der Waals surface area contributed by atoms with Crippen LogP contribution < -0.4 is 10.1 Å². The minimum absolute atomic E-state index is 0.0958. The number of amides is 1. The molecule has 30 heavy (non-hydrogen) atoms. The van der Waals surface area contributed by atoms with Gasteiger partial charge in [0.05, 0.1) is 12.8 Å². The number of halogens is 1. The predicted molar refractivity (Wildman–Crippen MR) is 125 cm³/mol. The summed E-state index contributed by atoms with van der Waals surface area (Å²) in [5.74, 6) is 1.49. The third-order valence-corrected chi connectivity index (χ3v) is 6.15. The van der Waals surface area contributed by atoms with Gasteiger partial charge in [0, 0.05) is 38.7 Å². The monoisotopic (exact) mass is 436 g/mol.